The third-order valence-corrected chi connectivity index (χ3v) is 3.70. The van der Waals surface area contributed by atoms with Gasteiger partial charge in [-0.15, -0.1) is 0 Å². The monoisotopic (exact) mass is 198 g/mol. The van der Waals surface area contributed by atoms with Crippen LogP contribution in [0.25, 0.3) is 0 Å². The molecule has 0 radical (unpaired) electrons. The second-order valence-corrected chi connectivity index (χ2v) is 5.39. The van der Waals surface area contributed by atoms with Crippen molar-refractivity contribution in [1.82, 2.24) is 10.2 Å². The first-order chi connectivity index (χ1) is 6.50. The van der Waals surface area contributed by atoms with Crippen molar-refractivity contribution in [3.63, 3.8) is 0 Å². The van der Waals surface area contributed by atoms with Crippen LogP contribution in [0.1, 0.15) is 33.6 Å². The number of hydrogen-bond acceptors (Lipinski definition) is 2. The van der Waals surface area contributed by atoms with Crippen molar-refractivity contribution in [2.24, 2.45) is 11.8 Å². The lowest BCUT2D eigenvalue weighted by atomic mass is 9.73. The van der Waals surface area contributed by atoms with Crippen molar-refractivity contribution in [1.29, 1.82) is 0 Å². The fraction of sp³-hybridized carbons (Fsp3) is 1.00. The highest BCUT2D eigenvalue weighted by Crippen LogP contribution is 2.33. The van der Waals surface area contributed by atoms with Crippen LogP contribution in [0.15, 0.2) is 0 Å². The highest BCUT2D eigenvalue weighted by Gasteiger charge is 2.30. The Morgan fingerprint density at radius 1 is 1.21 bits per heavy atom. The fourth-order valence-electron chi connectivity index (χ4n) is 1.89. The van der Waals surface area contributed by atoms with E-state index in [0.717, 1.165) is 24.4 Å². The molecule has 1 N–H and O–H groups in total. The molecule has 14 heavy (non-hydrogen) atoms. The maximum Gasteiger partial charge on any atom is 0.0186 e. The SMILES string of the molecule is CC(C)C1CC(NCC(C)N(C)C)C1. The van der Waals surface area contributed by atoms with E-state index in [0.29, 0.717) is 6.04 Å². The minimum absolute atomic E-state index is 0.646. The van der Waals surface area contributed by atoms with E-state index < -0.39 is 0 Å². The summed E-state index contributed by atoms with van der Waals surface area (Å²) in [6.45, 7) is 8.07. The van der Waals surface area contributed by atoms with Gasteiger partial charge in [0.1, 0.15) is 0 Å². The third-order valence-electron chi connectivity index (χ3n) is 3.70. The predicted octanol–water partition coefficient (Wildman–Crippen LogP) is 1.96. The lowest BCUT2D eigenvalue weighted by Gasteiger charge is -2.39. The van der Waals surface area contributed by atoms with Gasteiger partial charge >= 0.3 is 0 Å². The molecule has 0 spiro atoms. The quantitative estimate of drug-likeness (QED) is 0.726. The summed E-state index contributed by atoms with van der Waals surface area (Å²) < 4.78 is 0. The zero-order valence-corrected chi connectivity index (χ0v) is 10.4. The van der Waals surface area contributed by atoms with Crippen molar-refractivity contribution in [3.05, 3.63) is 0 Å². The maximum absolute atomic E-state index is 3.64. The molecule has 0 saturated heterocycles. The van der Waals surface area contributed by atoms with Crippen LogP contribution in [0.4, 0.5) is 0 Å². The Morgan fingerprint density at radius 3 is 2.21 bits per heavy atom. The summed E-state index contributed by atoms with van der Waals surface area (Å²) in [4.78, 5) is 2.27. The Labute approximate surface area is 89.1 Å². The first kappa shape index (κ1) is 12.0. The summed E-state index contributed by atoms with van der Waals surface area (Å²) in [7, 11) is 4.29. The van der Waals surface area contributed by atoms with Crippen LogP contribution in [-0.2, 0) is 0 Å². The molecule has 1 aliphatic rings. The van der Waals surface area contributed by atoms with E-state index in [2.05, 4.69) is 45.1 Å². The van der Waals surface area contributed by atoms with Gasteiger partial charge < -0.3 is 10.2 Å². The molecular formula is C12H26N2. The number of likely N-dealkylation sites (N-methyl/N-ethyl adjacent to an activating group) is 1. The summed E-state index contributed by atoms with van der Waals surface area (Å²) in [6.07, 6.45) is 2.77. The summed E-state index contributed by atoms with van der Waals surface area (Å²) in [5.41, 5.74) is 0. The molecule has 0 aliphatic heterocycles. The zero-order chi connectivity index (χ0) is 10.7. The standard InChI is InChI=1S/C12H26N2/c1-9(2)11-6-12(7-11)13-8-10(3)14(4)5/h9-13H,6-8H2,1-5H3. The summed E-state index contributed by atoms with van der Waals surface area (Å²) in [5, 5.41) is 3.64. The van der Waals surface area contributed by atoms with Crippen molar-refractivity contribution in [2.75, 3.05) is 20.6 Å². The molecule has 0 aromatic carbocycles. The molecule has 1 unspecified atom stereocenters. The molecule has 1 rings (SSSR count). The van der Waals surface area contributed by atoms with Gasteiger partial charge in [-0.05, 0) is 45.7 Å². The summed E-state index contributed by atoms with van der Waals surface area (Å²) in [6, 6.07) is 1.44. The minimum Gasteiger partial charge on any atom is -0.312 e. The number of nitrogens with one attached hydrogen (secondary N) is 1. The van der Waals surface area contributed by atoms with Crippen molar-refractivity contribution >= 4 is 0 Å². The van der Waals surface area contributed by atoms with E-state index in [4.69, 9.17) is 0 Å². The highest BCUT2D eigenvalue weighted by atomic mass is 15.1. The normalized spacial score (nSPS) is 29.4. The topological polar surface area (TPSA) is 15.3 Å². The van der Waals surface area contributed by atoms with Gasteiger partial charge in [0.25, 0.3) is 0 Å². The van der Waals surface area contributed by atoms with E-state index in [9.17, 15) is 0 Å². The smallest absolute Gasteiger partial charge is 0.0186 e. The van der Waals surface area contributed by atoms with Crippen LogP contribution in [0.2, 0.25) is 0 Å². The van der Waals surface area contributed by atoms with E-state index in [1.165, 1.54) is 12.8 Å². The van der Waals surface area contributed by atoms with Crippen molar-refractivity contribution in [3.8, 4) is 0 Å². The Kier molecular flexibility index (Phi) is 4.39. The van der Waals surface area contributed by atoms with Crippen LogP contribution in [0, 0.1) is 11.8 Å². The van der Waals surface area contributed by atoms with E-state index in [1.807, 2.05) is 0 Å². The number of nitrogens with zero attached hydrogens (tertiary/aromatic N) is 1. The van der Waals surface area contributed by atoms with Gasteiger partial charge in [0, 0.05) is 18.6 Å². The molecule has 0 aromatic heterocycles. The molecule has 1 atom stereocenters. The summed E-state index contributed by atoms with van der Waals surface area (Å²) in [5.74, 6) is 1.85. The van der Waals surface area contributed by atoms with Crippen LogP contribution in [0.3, 0.4) is 0 Å². The van der Waals surface area contributed by atoms with Crippen LogP contribution in [-0.4, -0.2) is 37.6 Å². The van der Waals surface area contributed by atoms with E-state index >= 15 is 0 Å². The molecular weight excluding hydrogens is 172 g/mol. The van der Waals surface area contributed by atoms with Gasteiger partial charge in [-0.3, -0.25) is 0 Å². The molecule has 0 aromatic rings. The van der Waals surface area contributed by atoms with Crippen molar-refractivity contribution in [2.45, 2.75) is 45.7 Å². The lowest BCUT2D eigenvalue weighted by Crippen LogP contribution is -2.47. The average Bonchev–Trinajstić information content (AvgIpc) is 1.99. The third kappa shape index (κ3) is 3.25. The molecule has 0 bridgehead atoms. The van der Waals surface area contributed by atoms with Crippen LogP contribution >= 0.6 is 0 Å². The van der Waals surface area contributed by atoms with Gasteiger partial charge in [-0.1, -0.05) is 13.8 Å². The fourth-order valence-corrected chi connectivity index (χ4v) is 1.89. The Balaban J connectivity index is 2.06. The molecule has 0 heterocycles. The molecule has 1 aliphatic carbocycles. The second kappa shape index (κ2) is 5.13. The lowest BCUT2D eigenvalue weighted by molar-refractivity contribution is 0.159. The Bertz CT molecular complexity index is 160. The first-order valence-electron chi connectivity index (χ1n) is 5.90. The van der Waals surface area contributed by atoms with E-state index in [1.54, 1.807) is 0 Å². The average molecular weight is 198 g/mol. The van der Waals surface area contributed by atoms with Gasteiger partial charge in [-0.25, -0.2) is 0 Å². The van der Waals surface area contributed by atoms with Gasteiger partial charge in [0.2, 0.25) is 0 Å². The zero-order valence-electron chi connectivity index (χ0n) is 10.4. The molecule has 2 heteroatoms. The predicted molar refractivity (Wildman–Crippen MR) is 62.5 cm³/mol. The van der Waals surface area contributed by atoms with Crippen LogP contribution < -0.4 is 5.32 Å². The maximum atomic E-state index is 3.64. The molecule has 2 nitrogen and oxygen atoms in total. The van der Waals surface area contributed by atoms with Gasteiger partial charge in [-0.2, -0.15) is 0 Å². The molecule has 84 valence electrons. The van der Waals surface area contributed by atoms with E-state index in [-0.39, 0.29) is 0 Å². The highest BCUT2D eigenvalue weighted by molar-refractivity contribution is 4.87. The van der Waals surface area contributed by atoms with Crippen LogP contribution in [0.5, 0.6) is 0 Å². The van der Waals surface area contributed by atoms with Gasteiger partial charge in [0.15, 0.2) is 0 Å². The number of hydrogen-bond donors (Lipinski definition) is 1. The minimum atomic E-state index is 0.646. The Morgan fingerprint density at radius 2 is 1.79 bits per heavy atom. The first-order valence-corrected chi connectivity index (χ1v) is 5.90. The number of rotatable bonds is 5. The Hall–Kier alpha value is -0.0800. The molecule has 0 amide bonds. The summed E-state index contributed by atoms with van der Waals surface area (Å²) >= 11 is 0. The molecule has 1 fully saturated rings. The second-order valence-electron chi connectivity index (χ2n) is 5.39. The van der Waals surface area contributed by atoms with Gasteiger partial charge in [0.05, 0.1) is 0 Å². The van der Waals surface area contributed by atoms with Crippen molar-refractivity contribution < 1.29 is 0 Å². The largest absolute Gasteiger partial charge is 0.312 e. The molecule has 1 saturated carbocycles.